The summed E-state index contributed by atoms with van der Waals surface area (Å²) >= 11 is 1.42. The fourth-order valence-corrected chi connectivity index (χ4v) is 4.19. The topological polar surface area (TPSA) is 65.5 Å². The second kappa shape index (κ2) is 8.98. The first-order valence-electron chi connectivity index (χ1n) is 9.47. The largest absolute Gasteiger partial charge is 0.391 e. The van der Waals surface area contributed by atoms with Crippen molar-refractivity contribution in [3.63, 3.8) is 0 Å². The molecule has 3 rings (SSSR count). The number of aryl methyl sites for hydroxylation is 2. The Kier molecular flexibility index (Phi) is 6.62. The van der Waals surface area contributed by atoms with Gasteiger partial charge in [0, 0.05) is 18.5 Å². The van der Waals surface area contributed by atoms with Crippen molar-refractivity contribution in [1.29, 1.82) is 0 Å². The molecule has 1 atom stereocenters. The van der Waals surface area contributed by atoms with Crippen LogP contribution in [0.15, 0.2) is 35.9 Å². The summed E-state index contributed by atoms with van der Waals surface area (Å²) < 4.78 is 13.9. The molecule has 1 heterocycles. The Morgan fingerprint density at radius 3 is 2.72 bits per heavy atom. The third-order valence-corrected chi connectivity index (χ3v) is 6.16. The van der Waals surface area contributed by atoms with E-state index in [1.807, 2.05) is 38.1 Å². The molecule has 1 amide bonds. The maximum absolute atomic E-state index is 13.9. The molecule has 0 fully saturated rings. The number of aromatic nitrogens is 1. The molecule has 29 heavy (non-hydrogen) atoms. The second-order valence-corrected chi connectivity index (χ2v) is 8.65. The van der Waals surface area contributed by atoms with E-state index in [0.717, 1.165) is 26.7 Å². The summed E-state index contributed by atoms with van der Waals surface area (Å²) in [6, 6.07) is 4.87. The fraction of sp³-hybridized carbons (Fsp3) is 0.364. The predicted octanol–water partition coefficient (Wildman–Crippen LogP) is 3.52. The van der Waals surface area contributed by atoms with Gasteiger partial charge in [0.25, 0.3) is 0 Å². The summed E-state index contributed by atoms with van der Waals surface area (Å²) in [5, 5.41) is 13.3. The van der Waals surface area contributed by atoms with Crippen molar-refractivity contribution in [2.45, 2.75) is 32.9 Å². The zero-order chi connectivity index (χ0) is 21.1. The molecule has 0 saturated carbocycles. The first-order valence-corrected chi connectivity index (χ1v) is 10.3. The van der Waals surface area contributed by atoms with Crippen molar-refractivity contribution in [1.82, 2.24) is 15.2 Å². The van der Waals surface area contributed by atoms with Gasteiger partial charge in [-0.05, 0) is 50.7 Å². The normalized spacial score (nSPS) is 14.7. The van der Waals surface area contributed by atoms with Crippen molar-refractivity contribution in [2.75, 3.05) is 20.6 Å². The molecule has 1 unspecified atom stereocenters. The minimum Gasteiger partial charge on any atom is -0.391 e. The van der Waals surface area contributed by atoms with Crippen LogP contribution in [0.1, 0.15) is 39.2 Å². The van der Waals surface area contributed by atoms with Gasteiger partial charge in [-0.1, -0.05) is 24.3 Å². The number of carbonyl (C=O) groups is 1. The van der Waals surface area contributed by atoms with Crippen LogP contribution in [0.5, 0.6) is 0 Å². The Morgan fingerprint density at radius 2 is 2.10 bits per heavy atom. The number of nitrogens with zero attached hydrogens (tertiary/aromatic N) is 2. The summed E-state index contributed by atoms with van der Waals surface area (Å²) in [5.41, 5.74) is 3.74. The molecular weight excluding hydrogens is 389 g/mol. The van der Waals surface area contributed by atoms with Crippen molar-refractivity contribution in [3.8, 4) is 0 Å². The molecule has 1 aromatic heterocycles. The maximum atomic E-state index is 13.9. The van der Waals surface area contributed by atoms with Gasteiger partial charge in [0.2, 0.25) is 5.91 Å². The number of benzene rings is 1. The van der Waals surface area contributed by atoms with E-state index >= 15 is 0 Å². The number of thiazole rings is 1. The number of nitrogens with one attached hydrogen (secondary N) is 1. The SMILES string of the molecule is Cc1ccc(C2=CC=C(C(=O)NC(CN(C)C)c3nc(C)c(CO)s3)C2)cc1F. The van der Waals surface area contributed by atoms with Crippen molar-refractivity contribution >= 4 is 22.8 Å². The highest BCUT2D eigenvalue weighted by Gasteiger charge is 2.24. The van der Waals surface area contributed by atoms with Gasteiger partial charge in [-0.3, -0.25) is 4.79 Å². The minimum absolute atomic E-state index is 0.0579. The summed E-state index contributed by atoms with van der Waals surface area (Å²) in [6.45, 7) is 4.13. The number of aliphatic hydroxyl groups excluding tert-OH is 1. The number of aliphatic hydroxyl groups is 1. The minimum atomic E-state index is -0.275. The van der Waals surface area contributed by atoms with E-state index < -0.39 is 0 Å². The Balaban J connectivity index is 1.71. The number of likely N-dealkylation sites (N-methyl/N-ethyl adjacent to an activating group) is 1. The maximum Gasteiger partial charge on any atom is 0.248 e. The first kappa shape index (κ1) is 21.4. The van der Waals surface area contributed by atoms with Gasteiger partial charge in [0.05, 0.1) is 23.2 Å². The van der Waals surface area contributed by atoms with Crippen molar-refractivity contribution in [3.05, 3.63) is 68.4 Å². The van der Waals surface area contributed by atoms with E-state index in [2.05, 4.69) is 10.3 Å². The summed E-state index contributed by atoms with van der Waals surface area (Å²) in [6.07, 6.45) is 4.13. The molecular formula is C22H26FN3O2S. The predicted molar refractivity (Wildman–Crippen MR) is 114 cm³/mol. The number of rotatable bonds is 7. The standard InChI is InChI=1S/C22H26FN3O2S/c1-13-5-6-16(10-18(13)23)15-7-8-17(9-15)21(28)25-19(11-26(3)4)22-24-14(2)20(12-27)29-22/h5-8,10,19,27H,9,11-12H2,1-4H3,(H,25,28). The Morgan fingerprint density at radius 1 is 1.34 bits per heavy atom. The Hall–Kier alpha value is -2.35. The van der Waals surface area contributed by atoms with E-state index in [1.165, 1.54) is 17.4 Å². The van der Waals surface area contributed by atoms with Gasteiger partial charge in [-0.15, -0.1) is 11.3 Å². The highest BCUT2D eigenvalue weighted by Crippen LogP contribution is 2.30. The van der Waals surface area contributed by atoms with Crippen LogP contribution in [0.3, 0.4) is 0 Å². The van der Waals surface area contributed by atoms with Crippen LogP contribution in [-0.2, 0) is 11.4 Å². The third kappa shape index (κ3) is 4.98. The zero-order valence-electron chi connectivity index (χ0n) is 17.1. The summed E-state index contributed by atoms with van der Waals surface area (Å²) in [4.78, 5) is 20.2. The average molecular weight is 416 g/mol. The van der Waals surface area contributed by atoms with Gasteiger partial charge in [-0.25, -0.2) is 9.37 Å². The van der Waals surface area contributed by atoms with Crippen LogP contribution in [0, 0.1) is 19.7 Å². The number of allylic oxidation sites excluding steroid dienone is 3. The van der Waals surface area contributed by atoms with Gasteiger partial charge >= 0.3 is 0 Å². The molecule has 0 radical (unpaired) electrons. The Bertz CT molecular complexity index is 978. The molecule has 1 aliphatic carbocycles. The number of amides is 1. The van der Waals surface area contributed by atoms with Crippen molar-refractivity contribution in [2.24, 2.45) is 0 Å². The number of hydrogen-bond donors (Lipinski definition) is 2. The molecule has 1 aromatic carbocycles. The lowest BCUT2D eigenvalue weighted by Crippen LogP contribution is -2.35. The van der Waals surface area contributed by atoms with Crippen LogP contribution in [0.2, 0.25) is 0 Å². The lowest BCUT2D eigenvalue weighted by atomic mass is 10.0. The molecule has 5 nitrogen and oxygen atoms in total. The summed E-state index contributed by atoms with van der Waals surface area (Å²) in [7, 11) is 3.88. The molecule has 0 aliphatic heterocycles. The van der Waals surface area contributed by atoms with E-state index in [9.17, 15) is 14.3 Å². The number of carbonyl (C=O) groups excluding carboxylic acids is 1. The lowest BCUT2D eigenvalue weighted by molar-refractivity contribution is -0.118. The van der Waals surface area contributed by atoms with Crippen LogP contribution >= 0.6 is 11.3 Å². The van der Waals surface area contributed by atoms with E-state index in [0.29, 0.717) is 24.1 Å². The molecule has 0 saturated heterocycles. The second-order valence-electron chi connectivity index (χ2n) is 7.53. The lowest BCUT2D eigenvalue weighted by Gasteiger charge is -2.21. The van der Waals surface area contributed by atoms with Gasteiger partial charge < -0.3 is 15.3 Å². The molecule has 2 N–H and O–H groups in total. The van der Waals surface area contributed by atoms with E-state index in [1.54, 1.807) is 19.1 Å². The molecule has 154 valence electrons. The molecule has 0 spiro atoms. The Labute approximate surface area is 174 Å². The van der Waals surface area contributed by atoms with Crippen LogP contribution in [-0.4, -0.2) is 41.5 Å². The average Bonchev–Trinajstić information content (AvgIpc) is 3.30. The first-order chi connectivity index (χ1) is 13.8. The fourth-order valence-electron chi connectivity index (χ4n) is 3.22. The highest BCUT2D eigenvalue weighted by atomic mass is 32.1. The molecule has 2 aromatic rings. The molecule has 0 bridgehead atoms. The van der Waals surface area contributed by atoms with Crippen molar-refractivity contribution < 1.29 is 14.3 Å². The van der Waals surface area contributed by atoms with Gasteiger partial charge in [0.15, 0.2) is 0 Å². The monoisotopic (exact) mass is 415 g/mol. The van der Waals surface area contributed by atoms with E-state index in [-0.39, 0.29) is 24.4 Å². The molecule has 7 heteroatoms. The number of hydrogen-bond acceptors (Lipinski definition) is 5. The highest BCUT2D eigenvalue weighted by molar-refractivity contribution is 7.11. The van der Waals surface area contributed by atoms with Crippen LogP contribution in [0.4, 0.5) is 4.39 Å². The smallest absolute Gasteiger partial charge is 0.248 e. The molecule has 1 aliphatic rings. The van der Waals surface area contributed by atoms with E-state index in [4.69, 9.17) is 0 Å². The van der Waals surface area contributed by atoms with Gasteiger partial charge in [0.1, 0.15) is 10.8 Å². The third-order valence-electron chi connectivity index (χ3n) is 4.90. The zero-order valence-corrected chi connectivity index (χ0v) is 17.9. The van der Waals surface area contributed by atoms with Crippen LogP contribution < -0.4 is 5.32 Å². The van der Waals surface area contributed by atoms with Crippen LogP contribution in [0.25, 0.3) is 5.57 Å². The summed E-state index contributed by atoms with van der Waals surface area (Å²) in [5.74, 6) is -0.403. The van der Waals surface area contributed by atoms with Gasteiger partial charge in [-0.2, -0.15) is 0 Å². The number of halogens is 1. The quantitative estimate of drug-likeness (QED) is 0.726.